The molecule has 2 aliphatic rings. The molecule has 0 spiro atoms. The zero-order valence-electron chi connectivity index (χ0n) is 21.1. The van der Waals surface area contributed by atoms with Gasteiger partial charge in [-0.15, -0.1) is 0 Å². The minimum atomic E-state index is -3.40. The number of sulfonamides is 1. The fourth-order valence-electron chi connectivity index (χ4n) is 5.35. The molecule has 2 amide bonds. The van der Waals surface area contributed by atoms with Crippen LogP contribution >= 0.6 is 0 Å². The van der Waals surface area contributed by atoms with Gasteiger partial charge in [-0.2, -0.15) is 0 Å². The van der Waals surface area contributed by atoms with E-state index in [1.165, 1.54) is 18.2 Å². The third kappa shape index (κ3) is 7.44. The van der Waals surface area contributed by atoms with Gasteiger partial charge in [0, 0.05) is 42.5 Å². The Bertz CT molecular complexity index is 1210. The van der Waals surface area contributed by atoms with Crippen LogP contribution in [-0.4, -0.2) is 46.1 Å². The molecule has 10 heteroatoms. The van der Waals surface area contributed by atoms with E-state index in [-0.39, 0.29) is 41.9 Å². The van der Waals surface area contributed by atoms with Crippen molar-refractivity contribution in [1.82, 2.24) is 10.6 Å². The van der Waals surface area contributed by atoms with E-state index in [9.17, 15) is 22.4 Å². The van der Waals surface area contributed by atoms with Gasteiger partial charge in [0.25, 0.3) is 5.91 Å². The summed E-state index contributed by atoms with van der Waals surface area (Å²) in [5.74, 6) is -0.620. The van der Waals surface area contributed by atoms with E-state index in [2.05, 4.69) is 20.7 Å². The van der Waals surface area contributed by atoms with Gasteiger partial charge in [-0.1, -0.05) is 19.3 Å². The molecular formula is C27H35FN4O4S. The van der Waals surface area contributed by atoms with Gasteiger partial charge in [-0.25, -0.2) is 12.8 Å². The van der Waals surface area contributed by atoms with Gasteiger partial charge in [0.1, 0.15) is 5.82 Å². The Kier molecular flexibility index (Phi) is 8.68. The van der Waals surface area contributed by atoms with Crippen LogP contribution in [0.4, 0.5) is 15.8 Å². The molecule has 2 aromatic rings. The normalized spacial score (nSPS) is 18.4. The Morgan fingerprint density at radius 1 is 1.05 bits per heavy atom. The molecule has 4 N–H and O–H groups in total. The predicted molar refractivity (Wildman–Crippen MR) is 143 cm³/mol. The third-order valence-electron chi connectivity index (χ3n) is 7.27. The number of anilines is 2. The molecule has 0 aromatic heterocycles. The number of carbonyl (C=O) groups excluding carboxylic acids is 2. The highest BCUT2D eigenvalue weighted by Crippen LogP contribution is 2.34. The topological polar surface area (TPSA) is 116 Å². The van der Waals surface area contributed by atoms with Gasteiger partial charge in [0.2, 0.25) is 15.9 Å². The summed E-state index contributed by atoms with van der Waals surface area (Å²) in [5.41, 5.74) is 2.66. The number of carbonyl (C=O) groups is 2. The monoisotopic (exact) mass is 530 g/mol. The number of rotatable bonds is 10. The number of halogens is 1. The minimum Gasteiger partial charge on any atom is -0.384 e. The third-order valence-corrected chi connectivity index (χ3v) is 7.88. The number of fused-ring (bicyclic) bond motifs is 1. The minimum absolute atomic E-state index is 0.0645. The first-order chi connectivity index (χ1) is 17.7. The van der Waals surface area contributed by atoms with Crippen molar-refractivity contribution < 1.29 is 22.4 Å². The van der Waals surface area contributed by atoms with Crippen molar-refractivity contribution in [1.29, 1.82) is 0 Å². The van der Waals surface area contributed by atoms with Crippen molar-refractivity contribution >= 4 is 33.2 Å². The maximum absolute atomic E-state index is 13.7. The van der Waals surface area contributed by atoms with Crippen LogP contribution in [0.2, 0.25) is 0 Å². The molecule has 4 rings (SSSR count). The summed E-state index contributed by atoms with van der Waals surface area (Å²) in [6.45, 7) is 1.43. The second-order valence-corrected chi connectivity index (χ2v) is 11.8. The van der Waals surface area contributed by atoms with E-state index in [4.69, 9.17) is 0 Å². The molecule has 2 atom stereocenters. The average Bonchev–Trinajstić information content (AvgIpc) is 3.26. The van der Waals surface area contributed by atoms with E-state index >= 15 is 0 Å². The van der Waals surface area contributed by atoms with Crippen molar-refractivity contribution in [3.8, 4) is 0 Å². The largest absolute Gasteiger partial charge is 0.384 e. The zero-order valence-corrected chi connectivity index (χ0v) is 21.9. The number of hydrogen-bond acceptors (Lipinski definition) is 5. The first-order valence-corrected chi connectivity index (χ1v) is 14.8. The lowest BCUT2D eigenvalue weighted by Gasteiger charge is -2.29. The standard InChI is InChI=1S/C27H35FN4O4S/c1-37(35,36)32-22-10-7-19(8-11-22)26(33)31-17-24(18-5-3-2-4-6-18)27(34)29-14-13-20-16-30-25-12-9-21(28)15-23(20)25/h7-12,15,18,20,24,30,32H,2-6,13-14,16-17H2,1H3,(H,29,34)(H,31,33). The molecule has 1 heterocycles. The van der Waals surface area contributed by atoms with Crippen LogP contribution in [0, 0.1) is 17.7 Å². The Hall–Kier alpha value is -3.14. The van der Waals surface area contributed by atoms with Crippen LogP contribution < -0.4 is 20.7 Å². The Balaban J connectivity index is 1.33. The predicted octanol–water partition coefficient (Wildman–Crippen LogP) is 3.84. The van der Waals surface area contributed by atoms with Crippen molar-refractivity contribution in [3.05, 3.63) is 59.4 Å². The maximum atomic E-state index is 13.7. The highest BCUT2D eigenvalue weighted by molar-refractivity contribution is 7.92. The van der Waals surface area contributed by atoms with E-state index in [0.717, 1.165) is 56.2 Å². The highest BCUT2D eigenvalue weighted by Gasteiger charge is 2.30. The lowest BCUT2D eigenvalue weighted by molar-refractivity contribution is -0.126. The van der Waals surface area contributed by atoms with Crippen molar-refractivity contribution in [3.63, 3.8) is 0 Å². The average molecular weight is 531 g/mol. The summed E-state index contributed by atoms with van der Waals surface area (Å²) < 4.78 is 38.8. The second kappa shape index (κ2) is 11.9. The molecule has 1 aliphatic heterocycles. The van der Waals surface area contributed by atoms with Crippen LogP contribution in [0.5, 0.6) is 0 Å². The molecule has 2 aromatic carbocycles. The highest BCUT2D eigenvalue weighted by atomic mass is 32.2. The lowest BCUT2D eigenvalue weighted by atomic mass is 9.79. The van der Waals surface area contributed by atoms with Gasteiger partial charge in [-0.3, -0.25) is 14.3 Å². The number of hydrogen-bond donors (Lipinski definition) is 4. The smallest absolute Gasteiger partial charge is 0.251 e. The van der Waals surface area contributed by atoms with E-state index in [1.807, 2.05) is 0 Å². The molecule has 1 aliphatic carbocycles. The van der Waals surface area contributed by atoms with Crippen molar-refractivity contribution in [2.24, 2.45) is 11.8 Å². The molecule has 8 nitrogen and oxygen atoms in total. The molecule has 37 heavy (non-hydrogen) atoms. The first kappa shape index (κ1) is 26.9. The van der Waals surface area contributed by atoms with Gasteiger partial charge < -0.3 is 16.0 Å². The molecule has 0 saturated heterocycles. The molecule has 1 saturated carbocycles. The Labute approximate surface area is 217 Å². The Morgan fingerprint density at radius 3 is 2.49 bits per heavy atom. The van der Waals surface area contributed by atoms with Gasteiger partial charge in [0.05, 0.1) is 12.2 Å². The summed E-state index contributed by atoms with van der Waals surface area (Å²) in [7, 11) is -3.40. The molecular weight excluding hydrogens is 495 g/mol. The van der Waals surface area contributed by atoms with Gasteiger partial charge in [0.15, 0.2) is 0 Å². The van der Waals surface area contributed by atoms with E-state index < -0.39 is 10.0 Å². The number of benzene rings is 2. The van der Waals surface area contributed by atoms with Crippen LogP contribution in [0.15, 0.2) is 42.5 Å². The van der Waals surface area contributed by atoms with Gasteiger partial charge >= 0.3 is 0 Å². The summed E-state index contributed by atoms with van der Waals surface area (Å²) in [6, 6.07) is 10.9. The van der Waals surface area contributed by atoms with Crippen molar-refractivity contribution in [2.45, 2.75) is 44.4 Å². The lowest BCUT2D eigenvalue weighted by Crippen LogP contribution is -2.43. The van der Waals surface area contributed by atoms with Crippen molar-refractivity contribution in [2.75, 3.05) is 35.9 Å². The Morgan fingerprint density at radius 2 is 1.78 bits per heavy atom. The van der Waals surface area contributed by atoms with Crippen LogP contribution in [-0.2, 0) is 14.8 Å². The second-order valence-electron chi connectivity index (χ2n) is 10.1. The summed E-state index contributed by atoms with van der Waals surface area (Å²) >= 11 is 0. The molecule has 2 unspecified atom stereocenters. The molecule has 200 valence electrons. The molecule has 1 fully saturated rings. The molecule has 0 bridgehead atoms. The van der Waals surface area contributed by atoms with Gasteiger partial charge in [-0.05, 0) is 73.2 Å². The maximum Gasteiger partial charge on any atom is 0.251 e. The summed E-state index contributed by atoms with van der Waals surface area (Å²) in [5, 5.41) is 9.27. The fraction of sp³-hybridized carbons (Fsp3) is 0.481. The zero-order chi connectivity index (χ0) is 26.4. The van der Waals surface area contributed by atoms with Crippen LogP contribution in [0.1, 0.15) is 60.4 Å². The first-order valence-electron chi connectivity index (χ1n) is 12.9. The van der Waals surface area contributed by atoms with E-state index in [0.29, 0.717) is 24.2 Å². The SMILES string of the molecule is CS(=O)(=O)Nc1ccc(C(=O)NCC(C(=O)NCCC2CNc3ccc(F)cc32)C2CCCCC2)cc1. The number of nitrogens with one attached hydrogen (secondary N) is 4. The number of amides is 2. The fourth-order valence-corrected chi connectivity index (χ4v) is 5.92. The van der Waals surface area contributed by atoms with E-state index in [1.54, 1.807) is 24.3 Å². The quantitative estimate of drug-likeness (QED) is 0.373. The summed E-state index contributed by atoms with van der Waals surface area (Å²) in [4.78, 5) is 26.0. The van der Waals surface area contributed by atoms with Crippen LogP contribution in [0.25, 0.3) is 0 Å². The molecule has 0 radical (unpaired) electrons. The van der Waals surface area contributed by atoms with Crippen LogP contribution in [0.3, 0.4) is 0 Å². The summed E-state index contributed by atoms with van der Waals surface area (Å²) in [6.07, 6.45) is 6.99.